The van der Waals surface area contributed by atoms with Gasteiger partial charge >= 0.3 is 0 Å². The lowest BCUT2D eigenvalue weighted by Crippen LogP contribution is -2.41. The van der Waals surface area contributed by atoms with Crippen molar-refractivity contribution < 1.29 is 4.79 Å². The maximum Gasteiger partial charge on any atom is 0.267 e. The Morgan fingerprint density at radius 3 is 2.70 bits per heavy atom. The van der Waals surface area contributed by atoms with E-state index in [9.17, 15) is 9.59 Å². The molecule has 5 nitrogen and oxygen atoms in total. The Bertz CT molecular complexity index is 1120. The van der Waals surface area contributed by atoms with Crippen LogP contribution in [0.4, 0.5) is 0 Å². The number of amides is 1. The molecule has 2 heterocycles. The molecule has 0 aliphatic heterocycles. The van der Waals surface area contributed by atoms with Crippen LogP contribution < -0.4 is 10.9 Å². The van der Waals surface area contributed by atoms with E-state index >= 15 is 0 Å². The van der Waals surface area contributed by atoms with E-state index in [-0.39, 0.29) is 23.3 Å². The summed E-state index contributed by atoms with van der Waals surface area (Å²) in [5, 5.41) is 4.43. The standard InChI is InChI=1S/C23H27N3O2S2/c1-14-9-7-8-12-18(14)24-19(27)13-29-23-25-21-20(15(2)16(3)30-21)22(28)26(23)17-10-5-4-6-11-17/h4-6,10-11,14,18H,7-9,12-13H2,1-3H3,(H,24,27)/t14-,18-/m0/s1. The predicted octanol–water partition coefficient (Wildman–Crippen LogP) is 4.85. The number of carbonyl (C=O) groups excluding carboxylic acids is 1. The Balaban J connectivity index is 1.64. The van der Waals surface area contributed by atoms with Gasteiger partial charge in [-0.25, -0.2) is 4.98 Å². The second kappa shape index (κ2) is 8.94. The molecule has 1 saturated carbocycles. The lowest BCUT2D eigenvalue weighted by Gasteiger charge is -2.29. The average Bonchev–Trinajstić information content (AvgIpc) is 3.02. The van der Waals surface area contributed by atoms with Crippen LogP contribution in [0.2, 0.25) is 0 Å². The van der Waals surface area contributed by atoms with Crippen LogP contribution in [-0.4, -0.2) is 27.3 Å². The van der Waals surface area contributed by atoms with E-state index in [2.05, 4.69) is 12.2 Å². The first-order valence-corrected chi connectivity index (χ1v) is 12.3. The molecule has 1 fully saturated rings. The summed E-state index contributed by atoms with van der Waals surface area (Å²) in [6.07, 6.45) is 4.63. The van der Waals surface area contributed by atoms with E-state index in [0.717, 1.165) is 27.4 Å². The Morgan fingerprint density at radius 2 is 1.97 bits per heavy atom. The van der Waals surface area contributed by atoms with Crippen molar-refractivity contribution in [2.24, 2.45) is 5.92 Å². The third-order valence-electron chi connectivity index (χ3n) is 5.98. The Morgan fingerprint density at radius 1 is 1.23 bits per heavy atom. The lowest BCUT2D eigenvalue weighted by atomic mass is 9.86. The number of fused-ring (bicyclic) bond motifs is 1. The van der Waals surface area contributed by atoms with E-state index in [1.165, 1.54) is 42.4 Å². The Kier molecular flexibility index (Phi) is 6.29. The molecule has 7 heteroatoms. The van der Waals surface area contributed by atoms with Crippen molar-refractivity contribution in [3.63, 3.8) is 0 Å². The first-order chi connectivity index (χ1) is 14.5. The number of carbonyl (C=O) groups is 1. The minimum atomic E-state index is -0.0724. The van der Waals surface area contributed by atoms with Gasteiger partial charge in [-0.15, -0.1) is 11.3 Å². The maximum atomic E-state index is 13.4. The average molecular weight is 442 g/mol. The number of thioether (sulfide) groups is 1. The van der Waals surface area contributed by atoms with Crippen LogP contribution in [0.25, 0.3) is 15.9 Å². The summed E-state index contributed by atoms with van der Waals surface area (Å²) in [5.74, 6) is 0.769. The number of hydrogen-bond donors (Lipinski definition) is 1. The van der Waals surface area contributed by atoms with Gasteiger partial charge in [-0.3, -0.25) is 14.2 Å². The lowest BCUT2D eigenvalue weighted by molar-refractivity contribution is -0.119. The third-order valence-corrected chi connectivity index (χ3v) is 8.02. The SMILES string of the molecule is Cc1sc2nc(SCC(=O)N[C@H]3CCCC[C@@H]3C)n(-c3ccccc3)c(=O)c2c1C. The second-order valence-electron chi connectivity index (χ2n) is 8.06. The number of nitrogens with zero attached hydrogens (tertiary/aromatic N) is 2. The molecule has 2 atom stereocenters. The Hall–Kier alpha value is -2.12. The molecule has 0 bridgehead atoms. The van der Waals surface area contributed by atoms with Crippen molar-refractivity contribution in [3.05, 3.63) is 51.1 Å². The van der Waals surface area contributed by atoms with Crippen LogP contribution in [0, 0.1) is 19.8 Å². The zero-order chi connectivity index (χ0) is 21.3. The van der Waals surface area contributed by atoms with E-state index in [1.807, 2.05) is 44.2 Å². The molecular weight excluding hydrogens is 414 g/mol. The highest BCUT2D eigenvalue weighted by atomic mass is 32.2. The number of thiophene rings is 1. The number of para-hydroxylation sites is 1. The summed E-state index contributed by atoms with van der Waals surface area (Å²) in [6.45, 7) is 6.19. The van der Waals surface area contributed by atoms with Crippen molar-refractivity contribution in [2.45, 2.75) is 57.7 Å². The highest BCUT2D eigenvalue weighted by Gasteiger charge is 2.23. The van der Waals surface area contributed by atoms with E-state index in [4.69, 9.17) is 4.98 Å². The van der Waals surface area contributed by atoms with Crippen molar-refractivity contribution in [1.82, 2.24) is 14.9 Å². The fraction of sp³-hybridized carbons (Fsp3) is 0.435. The van der Waals surface area contributed by atoms with Crippen molar-refractivity contribution in [2.75, 3.05) is 5.75 Å². The zero-order valence-electron chi connectivity index (χ0n) is 17.6. The molecule has 0 radical (unpaired) electrons. The van der Waals surface area contributed by atoms with Gasteiger partial charge in [0.2, 0.25) is 5.91 Å². The maximum absolute atomic E-state index is 13.4. The number of nitrogens with one attached hydrogen (secondary N) is 1. The summed E-state index contributed by atoms with van der Waals surface area (Å²) >= 11 is 2.87. The molecule has 1 N–H and O–H groups in total. The molecule has 2 aromatic heterocycles. The summed E-state index contributed by atoms with van der Waals surface area (Å²) in [6, 6.07) is 9.79. The fourth-order valence-electron chi connectivity index (χ4n) is 4.09. The van der Waals surface area contributed by atoms with Crippen LogP contribution in [0.1, 0.15) is 43.0 Å². The van der Waals surface area contributed by atoms with E-state index in [0.29, 0.717) is 16.5 Å². The largest absolute Gasteiger partial charge is 0.352 e. The van der Waals surface area contributed by atoms with Gasteiger partial charge in [0.25, 0.3) is 5.56 Å². The number of benzene rings is 1. The molecule has 4 rings (SSSR count). The van der Waals surface area contributed by atoms with Crippen LogP contribution >= 0.6 is 23.1 Å². The highest BCUT2D eigenvalue weighted by Crippen LogP contribution is 2.30. The molecule has 1 aromatic carbocycles. The molecule has 1 amide bonds. The molecule has 0 spiro atoms. The highest BCUT2D eigenvalue weighted by molar-refractivity contribution is 7.99. The van der Waals surface area contributed by atoms with Crippen LogP contribution in [0.15, 0.2) is 40.3 Å². The van der Waals surface area contributed by atoms with Crippen molar-refractivity contribution >= 4 is 39.2 Å². The van der Waals surface area contributed by atoms with Gasteiger partial charge in [-0.05, 0) is 50.3 Å². The Labute approximate surface area is 184 Å². The smallest absolute Gasteiger partial charge is 0.267 e. The van der Waals surface area contributed by atoms with Gasteiger partial charge in [0.05, 0.1) is 16.8 Å². The number of aromatic nitrogens is 2. The van der Waals surface area contributed by atoms with Gasteiger partial charge in [0, 0.05) is 10.9 Å². The summed E-state index contributed by atoms with van der Waals surface area (Å²) in [7, 11) is 0. The van der Waals surface area contributed by atoms with Gasteiger partial charge in [-0.2, -0.15) is 0 Å². The molecule has 158 valence electrons. The molecule has 30 heavy (non-hydrogen) atoms. The second-order valence-corrected chi connectivity index (χ2v) is 10.2. The number of aryl methyl sites for hydroxylation is 2. The summed E-state index contributed by atoms with van der Waals surface area (Å²) < 4.78 is 1.64. The van der Waals surface area contributed by atoms with E-state index in [1.54, 1.807) is 4.57 Å². The fourth-order valence-corrected chi connectivity index (χ4v) is 5.98. The summed E-state index contributed by atoms with van der Waals surface area (Å²) in [4.78, 5) is 32.7. The first kappa shape index (κ1) is 21.1. The molecule has 1 aliphatic carbocycles. The zero-order valence-corrected chi connectivity index (χ0v) is 19.2. The van der Waals surface area contributed by atoms with Crippen LogP contribution in [0.5, 0.6) is 0 Å². The molecule has 3 aromatic rings. The van der Waals surface area contributed by atoms with Gasteiger partial charge in [0.1, 0.15) is 4.83 Å². The minimum Gasteiger partial charge on any atom is -0.352 e. The molecular formula is C23H27N3O2S2. The van der Waals surface area contributed by atoms with Crippen LogP contribution in [-0.2, 0) is 4.79 Å². The van der Waals surface area contributed by atoms with E-state index < -0.39 is 0 Å². The first-order valence-electron chi connectivity index (χ1n) is 10.5. The normalized spacial score (nSPS) is 19.2. The van der Waals surface area contributed by atoms with Gasteiger partial charge in [0.15, 0.2) is 5.16 Å². The van der Waals surface area contributed by atoms with Crippen molar-refractivity contribution in [3.8, 4) is 5.69 Å². The van der Waals surface area contributed by atoms with Crippen molar-refractivity contribution in [1.29, 1.82) is 0 Å². The summed E-state index contributed by atoms with van der Waals surface area (Å²) in [5.41, 5.74) is 1.68. The molecule has 0 unspecified atom stereocenters. The topological polar surface area (TPSA) is 64.0 Å². The third kappa shape index (κ3) is 4.18. The molecule has 0 saturated heterocycles. The number of rotatable bonds is 5. The monoisotopic (exact) mass is 441 g/mol. The minimum absolute atomic E-state index is 0.00579. The number of hydrogen-bond acceptors (Lipinski definition) is 5. The van der Waals surface area contributed by atoms with Crippen LogP contribution in [0.3, 0.4) is 0 Å². The molecule has 1 aliphatic rings. The quantitative estimate of drug-likeness (QED) is 0.454. The predicted molar refractivity (Wildman–Crippen MR) is 125 cm³/mol. The van der Waals surface area contributed by atoms with Gasteiger partial charge in [-0.1, -0.05) is 49.7 Å². The van der Waals surface area contributed by atoms with Gasteiger partial charge < -0.3 is 5.32 Å².